The third-order valence-corrected chi connectivity index (χ3v) is 2.97. The summed E-state index contributed by atoms with van der Waals surface area (Å²) in [7, 11) is 0. The van der Waals surface area contributed by atoms with Crippen LogP contribution < -0.4 is 0 Å². The van der Waals surface area contributed by atoms with Gasteiger partial charge in [-0.25, -0.2) is 0 Å². The van der Waals surface area contributed by atoms with Crippen LogP contribution in [0.2, 0.25) is 0 Å². The van der Waals surface area contributed by atoms with Crippen molar-refractivity contribution in [3.8, 4) is 0 Å². The van der Waals surface area contributed by atoms with E-state index in [9.17, 15) is 9.59 Å². The molecule has 0 spiro atoms. The van der Waals surface area contributed by atoms with Gasteiger partial charge in [0.05, 0.1) is 0 Å². The van der Waals surface area contributed by atoms with Gasteiger partial charge in [-0.3, -0.25) is 9.59 Å². The first-order valence-electron chi connectivity index (χ1n) is 5.54. The summed E-state index contributed by atoms with van der Waals surface area (Å²) in [4.78, 5) is 22.1. The van der Waals surface area contributed by atoms with E-state index in [2.05, 4.69) is 0 Å². The summed E-state index contributed by atoms with van der Waals surface area (Å²) >= 11 is 0. The van der Waals surface area contributed by atoms with Gasteiger partial charge < -0.3 is 5.11 Å². The number of ketones is 1. The van der Waals surface area contributed by atoms with Crippen molar-refractivity contribution >= 4 is 63.1 Å². The Kier molecular flexibility index (Phi) is 8.86. The molecule has 0 radical (unpaired) electrons. The zero-order valence-electron chi connectivity index (χ0n) is 9.11. The Morgan fingerprint density at radius 1 is 1.50 bits per heavy atom. The Morgan fingerprint density at radius 2 is 2.19 bits per heavy atom. The van der Waals surface area contributed by atoms with Gasteiger partial charge in [-0.1, -0.05) is 19.1 Å². The van der Waals surface area contributed by atoms with Crippen molar-refractivity contribution in [2.24, 2.45) is 11.8 Å². The quantitative estimate of drug-likeness (QED) is 0.597. The maximum absolute atomic E-state index is 11.5. The molecular formula is C12H19KO3. The third-order valence-electron chi connectivity index (χ3n) is 2.97. The predicted molar refractivity (Wildman–Crippen MR) is 64.7 cm³/mol. The topological polar surface area (TPSA) is 54.4 Å². The van der Waals surface area contributed by atoms with Crippen molar-refractivity contribution in [2.45, 2.75) is 39.0 Å². The summed E-state index contributed by atoms with van der Waals surface area (Å²) < 4.78 is 0. The van der Waals surface area contributed by atoms with E-state index in [-0.39, 0.29) is 75.4 Å². The fourth-order valence-corrected chi connectivity index (χ4v) is 2.18. The van der Waals surface area contributed by atoms with Gasteiger partial charge in [0, 0.05) is 18.8 Å². The molecule has 1 saturated carbocycles. The normalized spacial score (nSPS) is 24.7. The Hall–Kier alpha value is 0.516. The second-order valence-corrected chi connectivity index (χ2v) is 4.08. The van der Waals surface area contributed by atoms with Gasteiger partial charge in [0.25, 0.3) is 0 Å². The van der Waals surface area contributed by atoms with Crippen LogP contribution in [-0.4, -0.2) is 68.2 Å². The standard InChI is InChI=1S/C12H18O3.K.H/c1-2-3-4-5-10-9(8-12(14)15)6-7-11(10)13;;/h3-4,9-10H,2,5-8H2,1H3,(H,14,15);;/b4-3-;;/t9-,10-;;/m0../s1. The van der Waals surface area contributed by atoms with Crippen molar-refractivity contribution in [1.29, 1.82) is 0 Å². The molecule has 3 nitrogen and oxygen atoms in total. The molecule has 0 bridgehead atoms. The zero-order valence-corrected chi connectivity index (χ0v) is 9.11. The van der Waals surface area contributed by atoms with Crippen LogP contribution in [0.1, 0.15) is 39.0 Å². The fourth-order valence-electron chi connectivity index (χ4n) is 2.18. The number of allylic oxidation sites excluding steroid dienone is 2. The van der Waals surface area contributed by atoms with E-state index in [1.54, 1.807) is 0 Å². The molecule has 0 saturated heterocycles. The molecule has 1 aliphatic rings. The van der Waals surface area contributed by atoms with Gasteiger partial charge in [0.2, 0.25) is 0 Å². The average Bonchev–Trinajstić information content (AvgIpc) is 2.49. The summed E-state index contributed by atoms with van der Waals surface area (Å²) in [6.45, 7) is 2.04. The molecule has 0 unspecified atom stereocenters. The van der Waals surface area contributed by atoms with Gasteiger partial charge in [-0.15, -0.1) is 0 Å². The monoisotopic (exact) mass is 250 g/mol. The van der Waals surface area contributed by atoms with Crippen molar-refractivity contribution in [3.05, 3.63) is 12.2 Å². The summed E-state index contributed by atoms with van der Waals surface area (Å²) in [6.07, 6.45) is 7.15. The van der Waals surface area contributed by atoms with E-state index in [4.69, 9.17) is 5.11 Å². The second-order valence-electron chi connectivity index (χ2n) is 4.08. The number of carboxylic acids is 1. The first kappa shape index (κ1) is 16.5. The molecular weight excluding hydrogens is 231 g/mol. The number of Topliss-reactive ketones (excluding diaryl/α,β-unsaturated/α-hetero) is 1. The van der Waals surface area contributed by atoms with Crippen LogP contribution in [0, 0.1) is 11.8 Å². The van der Waals surface area contributed by atoms with Crippen molar-refractivity contribution in [3.63, 3.8) is 0 Å². The summed E-state index contributed by atoms with van der Waals surface area (Å²) in [5.41, 5.74) is 0. The first-order chi connectivity index (χ1) is 7.15. The van der Waals surface area contributed by atoms with Gasteiger partial charge >= 0.3 is 57.4 Å². The van der Waals surface area contributed by atoms with E-state index < -0.39 is 5.97 Å². The molecule has 0 aromatic carbocycles. The number of carbonyl (C=O) groups excluding carboxylic acids is 1. The van der Waals surface area contributed by atoms with Gasteiger partial charge in [-0.05, 0) is 25.2 Å². The predicted octanol–water partition coefficient (Wildman–Crippen LogP) is 1.76. The molecule has 0 aromatic heterocycles. The van der Waals surface area contributed by atoms with Crippen LogP contribution in [0.3, 0.4) is 0 Å². The van der Waals surface area contributed by atoms with Crippen molar-refractivity contribution in [2.75, 3.05) is 0 Å². The minimum absolute atomic E-state index is 0. The van der Waals surface area contributed by atoms with Gasteiger partial charge in [-0.2, -0.15) is 0 Å². The number of carboxylic acid groups (broad SMARTS) is 1. The molecule has 86 valence electrons. The Morgan fingerprint density at radius 3 is 2.75 bits per heavy atom. The second kappa shape index (κ2) is 8.58. The molecule has 0 aromatic rings. The molecule has 1 fully saturated rings. The Balaban J connectivity index is 0.00000225. The number of hydrogen-bond acceptors (Lipinski definition) is 2. The molecule has 16 heavy (non-hydrogen) atoms. The molecule has 2 atom stereocenters. The van der Waals surface area contributed by atoms with Crippen LogP contribution in [0.4, 0.5) is 0 Å². The molecule has 0 amide bonds. The van der Waals surface area contributed by atoms with E-state index in [1.807, 2.05) is 19.1 Å². The van der Waals surface area contributed by atoms with E-state index in [0.29, 0.717) is 12.8 Å². The SMILES string of the molecule is CC/C=C\C[C@@H]1C(=O)CC[C@H]1CC(=O)O.[KH]. The Bertz CT molecular complexity index is 273. The van der Waals surface area contributed by atoms with Gasteiger partial charge in [0.1, 0.15) is 5.78 Å². The summed E-state index contributed by atoms with van der Waals surface area (Å²) in [5.74, 6) is -0.554. The maximum atomic E-state index is 11.5. The van der Waals surface area contributed by atoms with Gasteiger partial charge in [0.15, 0.2) is 0 Å². The number of carbonyl (C=O) groups is 2. The average molecular weight is 250 g/mol. The summed E-state index contributed by atoms with van der Waals surface area (Å²) in [5, 5.41) is 8.72. The minimum atomic E-state index is -0.792. The van der Waals surface area contributed by atoms with Crippen LogP contribution >= 0.6 is 0 Å². The van der Waals surface area contributed by atoms with Crippen LogP contribution in [0.5, 0.6) is 0 Å². The van der Waals surface area contributed by atoms with E-state index in [0.717, 1.165) is 12.8 Å². The molecule has 1 rings (SSSR count). The molecule has 1 aliphatic carbocycles. The molecule has 0 heterocycles. The van der Waals surface area contributed by atoms with Crippen LogP contribution in [0.15, 0.2) is 12.2 Å². The fraction of sp³-hybridized carbons (Fsp3) is 0.667. The Labute approximate surface area is 139 Å². The molecule has 0 aliphatic heterocycles. The number of hydrogen-bond donors (Lipinski definition) is 1. The first-order valence-corrected chi connectivity index (χ1v) is 5.54. The third kappa shape index (κ3) is 5.23. The van der Waals surface area contributed by atoms with Crippen LogP contribution in [0.25, 0.3) is 0 Å². The van der Waals surface area contributed by atoms with E-state index in [1.165, 1.54) is 0 Å². The zero-order chi connectivity index (χ0) is 11.3. The number of rotatable bonds is 5. The number of aliphatic carboxylic acids is 1. The molecule has 4 heteroatoms. The molecule has 1 N–H and O–H groups in total. The van der Waals surface area contributed by atoms with Crippen molar-refractivity contribution < 1.29 is 14.7 Å². The summed E-state index contributed by atoms with van der Waals surface area (Å²) in [6, 6.07) is 0. The van der Waals surface area contributed by atoms with E-state index >= 15 is 0 Å². The van der Waals surface area contributed by atoms with Crippen LogP contribution in [-0.2, 0) is 9.59 Å². The van der Waals surface area contributed by atoms with Crippen molar-refractivity contribution in [1.82, 2.24) is 0 Å².